The van der Waals surface area contributed by atoms with Crippen LogP contribution in [0.2, 0.25) is 0 Å². The molecular weight excluding hydrogens is 218 g/mol. The third-order valence-electron chi connectivity index (χ3n) is 2.34. The lowest BCUT2D eigenvalue weighted by Crippen LogP contribution is -1.98. The van der Waals surface area contributed by atoms with Gasteiger partial charge in [-0.05, 0) is 42.6 Å². The fourth-order valence-electron chi connectivity index (χ4n) is 1.43. The van der Waals surface area contributed by atoms with Crippen LogP contribution in [0.15, 0.2) is 41.8 Å². The second-order valence-electron chi connectivity index (χ2n) is 3.57. The van der Waals surface area contributed by atoms with Crippen molar-refractivity contribution in [1.29, 1.82) is 0 Å². The molecule has 1 heterocycles. The lowest BCUT2D eigenvalue weighted by molar-refractivity contribution is 0.101. The Morgan fingerprint density at radius 1 is 1.25 bits per heavy atom. The Kier molecular flexibility index (Phi) is 3.37. The van der Waals surface area contributed by atoms with E-state index in [2.05, 4.69) is 16.8 Å². The Balaban J connectivity index is 1.98. The number of Topliss-reactive ketones (excluding diaryl/α,β-unsaturated/α-hetero) is 1. The van der Waals surface area contributed by atoms with Gasteiger partial charge in [-0.25, -0.2) is 0 Å². The van der Waals surface area contributed by atoms with Crippen molar-refractivity contribution in [3.8, 4) is 0 Å². The molecule has 2 nitrogen and oxygen atoms in total. The van der Waals surface area contributed by atoms with E-state index < -0.39 is 0 Å². The SMILES string of the molecule is CC(=O)c1ccc(NCc2cccs2)cc1. The number of nitrogens with one attached hydrogen (secondary N) is 1. The highest BCUT2D eigenvalue weighted by molar-refractivity contribution is 7.09. The van der Waals surface area contributed by atoms with Gasteiger partial charge in [-0.15, -0.1) is 11.3 Å². The lowest BCUT2D eigenvalue weighted by atomic mass is 10.1. The molecular formula is C13H13NOS. The summed E-state index contributed by atoms with van der Waals surface area (Å²) in [6.45, 7) is 2.41. The standard InChI is InChI=1S/C13H13NOS/c1-10(15)11-4-6-12(7-5-11)14-9-13-3-2-8-16-13/h2-8,14H,9H2,1H3. The summed E-state index contributed by atoms with van der Waals surface area (Å²) in [5, 5.41) is 5.38. The molecule has 1 aromatic carbocycles. The Morgan fingerprint density at radius 3 is 2.56 bits per heavy atom. The Labute approximate surface area is 98.9 Å². The van der Waals surface area contributed by atoms with Crippen LogP contribution in [0.25, 0.3) is 0 Å². The molecule has 0 radical (unpaired) electrons. The zero-order valence-corrected chi connectivity index (χ0v) is 9.88. The topological polar surface area (TPSA) is 29.1 Å². The largest absolute Gasteiger partial charge is 0.380 e. The van der Waals surface area contributed by atoms with Crippen molar-refractivity contribution in [2.24, 2.45) is 0 Å². The van der Waals surface area contributed by atoms with E-state index in [1.54, 1.807) is 18.3 Å². The maximum atomic E-state index is 11.1. The van der Waals surface area contributed by atoms with Gasteiger partial charge in [0.25, 0.3) is 0 Å². The van der Waals surface area contributed by atoms with Crippen LogP contribution in [-0.2, 0) is 6.54 Å². The van der Waals surface area contributed by atoms with Gasteiger partial charge in [-0.3, -0.25) is 4.79 Å². The Morgan fingerprint density at radius 2 is 2.00 bits per heavy atom. The second-order valence-corrected chi connectivity index (χ2v) is 4.60. The minimum absolute atomic E-state index is 0.102. The summed E-state index contributed by atoms with van der Waals surface area (Å²) >= 11 is 1.73. The summed E-state index contributed by atoms with van der Waals surface area (Å²) in [4.78, 5) is 12.4. The smallest absolute Gasteiger partial charge is 0.159 e. The molecule has 0 aliphatic carbocycles. The molecule has 0 aliphatic heterocycles. The first kappa shape index (κ1) is 10.9. The fraction of sp³-hybridized carbons (Fsp3) is 0.154. The summed E-state index contributed by atoms with van der Waals surface area (Å²) in [7, 11) is 0. The minimum atomic E-state index is 0.102. The molecule has 3 heteroatoms. The average molecular weight is 231 g/mol. The van der Waals surface area contributed by atoms with Gasteiger partial charge >= 0.3 is 0 Å². The summed E-state index contributed by atoms with van der Waals surface area (Å²) in [5.41, 5.74) is 1.79. The molecule has 0 amide bonds. The molecule has 0 unspecified atom stereocenters. The summed E-state index contributed by atoms with van der Waals surface area (Å²) < 4.78 is 0. The maximum absolute atomic E-state index is 11.1. The van der Waals surface area contributed by atoms with Crippen LogP contribution >= 0.6 is 11.3 Å². The molecule has 0 saturated heterocycles. The molecule has 0 fully saturated rings. The van der Waals surface area contributed by atoms with E-state index in [-0.39, 0.29) is 5.78 Å². The molecule has 2 aromatic rings. The van der Waals surface area contributed by atoms with Gasteiger partial charge in [0.15, 0.2) is 5.78 Å². The molecule has 82 valence electrons. The van der Waals surface area contributed by atoms with Crippen LogP contribution in [0.4, 0.5) is 5.69 Å². The molecule has 16 heavy (non-hydrogen) atoms. The van der Waals surface area contributed by atoms with E-state index in [0.29, 0.717) is 0 Å². The highest BCUT2D eigenvalue weighted by Gasteiger charge is 1.99. The Bertz CT molecular complexity index is 459. The summed E-state index contributed by atoms with van der Waals surface area (Å²) in [5.74, 6) is 0.102. The summed E-state index contributed by atoms with van der Waals surface area (Å²) in [6, 6.07) is 11.7. The number of thiophene rings is 1. The lowest BCUT2D eigenvalue weighted by Gasteiger charge is -2.05. The van der Waals surface area contributed by atoms with Crippen LogP contribution in [0, 0.1) is 0 Å². The highest BCUT2D eigenvalue weighted by Crippen LogP contribution is 2.14. The van der Waals surface area contributed by atoms with Gasteiger partial charge in [0.05, 0.1) is 0 Å². The van der Waals surface area contributed by atoms with Crippen molar-refractivity contribution in [3.63, 3.8) is 0 Å². The van der Waals surface area contributed by atoms with Crippen molar-refractivity contribution >= 4 is 22.8 Å². The van der Waals surface area contributed by atoms with E-state index in [0.717, 1.165) is 17.8 Å². The first-order valence-corrected chi connectivity index (χ1v) is 6.01. The van der Waals surface area contributed by atoms with Gasteiger partial charge in [0.2, 0.25) is 0 Å². The molecule has 0 saturated carbocycles. The first-order chi connectivity index (χ1) is 7.75. The zero-order chi connectivity index (χ0) is 11.4. The van der Waals surface area contributed by atoms with Crippen molar-refractivity contribution in [2.45, 2.75) is 13.5 Å². The number of hydrogen-bond acceptors (Lipinski definition) is 3. The molecule has 0 bridgehead atoms. The van der Waals surface area contributed by atoms with Gasteiger partial charge < -0.3 is 5.32 Å². The number of ketones is 1. The summed E-state index contributed by atoms with van der Waals surface area (Å²) in [6.07, 6.45) is 0. The number of carbonyl (C=O) groups is 1. The van der Waals surface area contributed by atoms with Gasteiger partial charge in [0.1, 0.15) is 0 Å². The second kappa shape index (κ2) is 4.94. The number of rotatable bonds is 4. The van der Waals surface area contributed by atoms with Gasteiger partial charge in [-0.2, -0.15) is 0 Å². The Hall–Kier alpha value is -1.61. The van der Waals surface area contributed by atoms with Crippen LogP contribution < -0.4 is 5.32 Å². The van der Waals surface area contributed by atoms with Crippen LogP contribution in [-0.4, -0.2) is 5.78 Å². The monoisotopic (exact) mass is 231 g/mol. The normalized spacial score (nSPS) is 10.1. The molecule has 1 N–H and O–H groups in total. The first-order valence-electron chi connectivity index (χ1n) is 5.13. The molecule has 0 aliphatic rings. The molecule has 2 rings (SSSR count). The molecule has 0 atom stereocenters. The zero-order valence-electron chi connectivity index (χ0n) is 9.07. The van der Waals surface area contributed by atoms with Crippen molar-refractivity contribution in [1.82, 2.24) is 0 Å². The predicted octanol–water partition coefficient (Wildman–Crippen LogP) is 3.56. The van der Waals surface area contributed by atoms with Crippen molar-refractivity contribution < 1.29 is 4.79 Å². The van der Waals surface area contributed by atoms with E-state index >= 15 is 0 Å². The number of benzene rings is 1. The van der Waals surface area contributed by atoms with Gasteiger partial charge in [-0.1, -0.05) is 6.07 Å². The number of carbonyl (C=O) groups excluding carboxylic acids is 1. The highest BCUT2D eigenvalue weighted by atomic mass is 32.1. The molecule has 0 spiro atoms. The minimum Gasteiger partial charge on any atom is -0.380 e. The number of anilines is 1. The fourth-order valence-corrected chi connectivity index (χ4v) is 2.07. The third kappa shape index (κ3) is 2.70. The average Bonchev–Trinajstić information content (AvgIpc) is 2.80. The van der Waals surface area contributed by atoms with Crippen molar-refractivity contribution in [2.75, 3.05) is 5.32 Å². The predicted molar refractivity (Wildman–Crippen MR) is 68.1 cm³/mol. The van der Waals surface area contributed by atoms with Crippen LogP contribution in [0.3, 0.4) is 0 Å². The van der Waals surface area contributed by atoms with E-state index in [1.807, 2.05) is 30.3 Å². The van der Waals surface area contributed by atoms with Gasteiger partial charge in [0, 0.05) is 22.7 Å². The molecule has 1 aromatic heterocycles. The van der Waals surface area contributed by atoms with E-state index in [4.69, 9.17) is 0 Å². The third-order valence-corrected chi connectivity index (χ3v) is 3.21. The van der Waals surface area contributed by atoms with E-state index in [1.165, 1.54) is 4.88 Å². The number of hydrogen-bond donors (Lipinski definition) is 1. The van der Waals surface area contributed by atoms with Crippen LogP contribution in [0.1, 0.15) is 22.2 Å². The van der Waals surface area contributed by atoms with Crippen LogP contribution in [0.5, 0.6) is 0 Å². The quantitative estimate of drug-likeness (QED) is 0.815. The van der Waals surface area contributed by atoms with E-state index in [9.17, 15) is 4.79 Å². The maximum Gasteiger partial charge on any atom is 0.159 e. The van der Waals surface area contributed by atoms with Crippen molar-refractivity contribution in [3.05, 3.63) is 52.2 Å².